The average molecular weight is 208 g/mol. The zero-order valence-corrected chi connectivity index (χ0v) is 8.20. The smallest absolute Gasteiger partial charge is 0.293 e. The van der Waals surface area contributed by atoms with Gasteiger partial charge in [0.1, 0.15) is 5.78 Å². The van der Waals surface area contributed by atoms with E-state index in [0.717, 1.165) is 0 Å². The number of alkyl halides is 2. The average Bonchev–Trinajstić information content (AvgIpc) is 1.99. The summed E-state index contributed by atoms with van der Waals surface area (Å²) in [6, 6.07) is 0. The molecule has 0 atom stereocenters. The fourth-order valence-corrected chi connectivity index (χ4v) is 0.814. The van der Waals surface area contributed by atoms with E-state index in [1.165, 1.54) is 0 Å². The van der Waals surface area contributed by atoms with Crippen LogP contribution in [0.4, 0.5) is 8.78 Å². The Labute approximate surface area is 81.4 Å². The molecule has 0 radical (unpaired) electrons. The Morgan fingerprint density at radius 1 is 1.43 bits per heavy atom. The highest BCUT2D eigenvalue weighted by Gasteiger charge is 2.33. The molecule has 0 unspecified atom stereocenters. The summed E-state index contributed by atoms with van der Waals surface area (Å²) in [7, 11) is 0. The summed E-state index contributed by atoms with van der Waals surface area (Å²) in [6.07, 6.45) is -2.06. The van der Waals surface area contributed by atoms with Gasteiger partial charge in [-0.15, -0.1) is 0 Å². The predicted octanol–water partition coefficient (Wildman–Crippen LogP) is 1.80. The first-order valence-electron chi connectivity index (χ1n) is 4.36. The topological polar surface area (TPSA) is 43.4 Å². The summed E-state index contributed by atoms with van der Waals surface area (Å²) in [4.78, 5) is 19.5. The van der Waals surface area contributed by atoms with E-state index in [4.69, 9.17) is 0 Å². The van der Waals surface area contributed by atoms with Crippen molar-refractivity contribution >= 4 is 12.3 Å². The van der Waals surface area contributed by atoms with Gasteiger partial charge in [-0.2, -0.15) is 0 Å². The molecule has 1 fully saturated rings. The minimum Gasteiger partial charge on any atom is -0.465 e. The van der Waals surface area contributed by atoms with Crippen LogP contribution in [0.3, 0.4) is 0 Å². The lowest BCUT2D eigenvalue weighted by Crippen LogP contribution is -2.28. The monoisotopic (exact) mass is 208 g/mol. The highest BCUT2D eigenvalue weighted by atomic mass is 19.3. The molecular weight excluding hydrogens is 194 g/mol. The molecule has 82 valence electrons. The number of hydrogen-bond acceptors (Lipinski definition) is 3. The van der Waals surface area contributed by atoms with E-state index in [-0.39, 0.29) is 24.7 Å². The minimum absolute atomic E-state index is 0.0301. The molecule has 0 amide bonds. The summed E-state index contributed by atoms with van der Waals surface area (Å²) >= 11 is 0. The van der Waals surface area contributed by atoms with E-state index in [1.54, 1.807) is 13.8 Å². The standard InChI is InChI=1S/C5H6F2O.C4H8O2/c6-5(7)3-1-4(8)2-3;1-4(2)6-3-5/h3,5H,1-2H2;3-4H,1-2H3. The van der Waals surface area contributed by atoms with Crippen molar-refractivity contribution in [3.8, 4) is 0 Å². The first-order chi connectivity index (χ1) is 6.47. The van der Waals surface area contributed by atoms with Gasteiger partial charge in [-0.25, -0.2) is 8.78 Å². The van der Waals surface area contributed by atoms with Gasteiger partial charge < -0.3 is 4.74 Å². The maximum Gasteiger partial charge on any atom is 0.293 e. The van der Waals surface area contributed by atoms with Crippen molar-refractivity contribution in [2.45, 2.75) is 39.2 Å². The van der Waals surface area contributed by atoms with E-state index >= 15 is 0 Å². The Balaban J connectivity index is 0.000000255. The first-order valence-corrected chi connectivity index (χ1v) is 4.36. The van der Waals surface area contributed by atoms with Gasteiger partial charge in [0.15, 0.2) is 0 Å². The highest BCUT2D eigenvalue weighted by molar-refractivity contribution is 5.84. The third-order valence-electron chi connectivity index (χ3n) is 1.66. The summed E-state index contributed by atoms with van der Waals surface area (Å²) < 4.78 is 27.4. The van der Waals surface area contributed by atoms with Gasteiger partial charge in [0.05, 0.1) is 6.10 Å². The molecule has 1 rings (SSSR count). The molecule has 0 aromatic rings. The van der Waals surface area contributed by atoms with Gasteiger partial charge in [-0.3, -0.25) is 9.59 Å². The van der Waals surface area contributed by atoms with Crippen molar-refractivity contribution in [3.63, 3.8) is 0 Å². The van der Waals surface area contributed by atoms with Crippen LogP contribution in [0.5, 0.6) is 0 Å². The van der Waals surface area contributed by atoms with Gasteiger partial charge >= 0.3 is 0 Å². The normalized spacial score (nSPS) is 16.0. The molecule has 0 aromatic heterocycles. The SMILES string of the molecule is CC(C)OC=O.O=C1CC(C(F)F)C1. The number of carbonyl (C=O) groups excluding carboxylic acids is 2. The lowest BCUT2D eigenvalue weighted by atomic mass is 9.84. The van der Waals surface area contributed by atoms with Crippen molar-refractivity contribution in [2.75, 3.05) is 0 Å². The Hall–Kier alpha value is -1.00. The van der Waals surface area contributed by atoms with Crippen molar-refractivity contribution in [1.82, 2.24) is 0 Å². The minimum atomic E-state index is -2.28. The van der Waals surface area contributed by atoms with Crippen LogP contribution in [-0.2, 0) is 14.3 Å². The fraction of sp³-hybridized carbons (Fsp3) is 0.778. The Morgan fingerprint density at radius 3 is 2.00 bits per heavy atom. The molecule has 0 aromatic carbocycles. The molecule has 5 heteroatoms. The number of carbonyl (C=O) groups is 2. The van der Waals surface area contributed by atoms with E-state index in [1.807, 2.05) is 0 Å². The highest BCUT2D eigenvalue weighted by Crippen LogP contribution is 2.28. The third-order valence-corrected chi connectivity index (χ3v) is 1.66. The largest absolute Gasteiger partial charge is 0.465 e. The molecule has 0 N–H and O–H groups in total. The Kier molecular flexibility index (Phi) is 5.99. The maximum absolute atomic E-state index is 11.5. The van der Waals surface area contributed by atoms with E-state index in [0.29, 0.717) is 6.47 Å². The van der Waals surface area contributed by atoms with Gasteiger partial charge in [-0.1, -0.05) is 0 Å². The molecule has 0 saturated heterocycles. The lowest BCUT2D eigenvalue weighted by molar-refractivity contribution is -0.132. The summed E-state index contributed by atoms with van der Waals surface area (Å²) in [5, 5.41) is 0. The number of halogens is 2. The van der Waals surface area contributed by atoms with E-state index < -0.39 is 12.3 Å². The number of ether oxygens (including phenoxy) is 1. The van der Waals surface area contributed by atoms with Crippen LogP contribution in [0.1, 0.15) is 26.7 Å². The number of rotatable bonds is 3. The lowest BCUT2D eigenvalue weighted by Gasteiger charge is -2.22. The molecule has 0 spiro atoms. The van der Waals surface area contributed by atoms with Crippen LogP contribution in [0.15, 0.2) is 0 Å². The van der Waals surface area contributed by atoms with Gasteiger partial charge in [0.2, 0.25) is 6.43 Å². The summed E-state index contributed by atoms with van der Waals surface area (Å²) in [6.45, 7) is 4.05. The predicted molar refractivity (Wildman–Crippen MR) is 46.0 cm³/mol. The van der Waals surface area contributed by atoms with Gasteiger partial charge in [-0.05, 0) is 13.8 Å². The molecule has 14 heavy (non-hydrogen) atoms. The number of Topliss-reactive ketones (excluding diaryl/α,β-unsaturated/α-hetero) is 1. The molecule has 1 aliphatic carbocycles. The first kappa shape index (κ1) is 13.0. The molecule has 1 aliphatic rings. The maximum atomic E-state index is 11.5. The van der Waals surface area contributed by atoms with Crippen molar-refractivity contribution in [1.29, 1.82) is 0 Å². The molecule has 0 aliphatic heterocycles. The van der Waals surface area contributed by atoms with Crippen LogP contribution < -0.4 is 0 Å². The van der Waals surface area contributed by atoms with Crippen molar-refractivity contribution in [3.05, 3.63) is 0 Å². The molecule has 3 nitrogen and oxygen atoms in total. The molecular formula is C9H14F2O3. The molecule has 1 saturated carbocycles. The number of ketones is 1. The summed E-state index contributed by atoms with van der Waals surface area (Å²) in [5.41, 5.74) is 0. The van der Waals surface area contributed by atoms with Crippen molar-refractivity contribution in [2.24, 2.45) is 5.92 Å². The summed E-state index contributed by atoms with van der Waals surface area (Å²) in [5.74, 6) is -0.655. The van der Waals surface area contributed by atoms with Crippen LogP contribution in [-0.4, -0.2) is 24.8 Å². The fourth-order valence-electron chi connectivity index (χ4n) is 0.814. The second kappa shape index (κ2) is 6.45. The van der Waals surface area contributed by atoms with Crippen LogP contribution >= 0.6 is 0 Å². The zero-order chi connectivity index (χ0) is 11.1. The van der Waals surface area contributed by atoms with Crippen molar-refractivity contribution < 1.29 is 23.1 Å². The number of hydrogen-bond donors (Lipinski definition) is 0. The third kappa shape index (κ3) is 5.61. The van der Waals surface area contributed by atoms with Gasteiger partial charge in [0, 0.05) is 18.8 Å². The zero-order valence-electron chi connectivity index (χ0n) is 8.20. The van der Waals surface area contributed by atoms with Crippen LogP contribution in [0, 0.1) is 5.92 Å². The van der Waals surface area contributed by atoms with E-state index in [9.17, 15) is 18.4 Å². The quantitative estimate of drug-likeness (QED) is 0.664. The molecule has 0 heterocycles. The van der Waals surface area contributed by atoms with E-state index in [2.05, 4.69) is 4.74 Å². The van der Waals surface area contributed by atoms with Crippen LogP contribution in [0.2, 0.25) is 0 Å². The second-order valence-corrected chi connectivity index (χ2v) is 3.32. The Bertz CT molecular complexity index is 184. The van der Waals surface area contributed by atoms with Crippen LogP contribution in [0.25, 0.3) is 0 Å². The molecule has 0 bridgehead atoms. The Morgan fingerprint density at radius 2 is 1.93 bits per heavy atom. The second-order valence-electron chi connectivity index (χ2n) is 3.32. The van der Waals surface area contributed by atoms with Gasteiger partial charge in [0.25, 0.3) is 6.47 Å².